The fraction of sp³-hybridized carbons (Fsp3) is 0. The van der Waals surface area contributed by atoms with Crippen molar-refractivity contribution in [1.82, 2.24) is 4.57 Å². The van der Waals surface area contributed by atoms with Crippen molar-refractivity contribution in [1.29, 1.82) is 0 Å². The number of nitrogens with zero attached hydrogens (tertiary/aromatic N) is 1. The van der Waals surface area contributed by atoms with Crippen LogP contribution in [0.4, 0.5) is 0 Å². The lowest BCUT2D eigenvalue weighted by Crippen LogP contribution is -1.93. The first-order valence-corrected chi connectivity index (χ1v) is 14.0. The largest absolute Gasteiger partial charge is 0.456 e. The molecule has 0 bridgehead atoms. The molecule has 2 nitrogen and oxygen atoms in total. The molecule has 182 valence electrons. The van der Waals surface area contributed by atoms with Crippen LogP contribution in [0.2, 0.25) is 0 Å². The molecular formula is C36H21NOS. The Morgan fingerprint density at radius 3 is 2.13 bits per heavy atom. The van der Waals surface area contributed by atoms with Crippen LogP contribution >= 0.6 is 11.3 Å². The van der Waals surface area contributed by atoms with Gasteiger partial charge in [-0.2, -0.15) is 0 Å². The van der Waals surface area contributed by atoms with E-state index in [0.717, 1.165) is 22.2 Å². The first kappa shape index (κ1) is 21.1. The van der Waals surface area contributed by atoms with Crippen LogP contribution in [0.15, 0.2) is 132 Å². The molecule has 0 aliphatic heterocycles. The highest BCUT2D eigenvalue weighted by molar-refractivity contribution is 7.25. The Kier molecular flexibility index (Phi) is 4.24. The lowest BCUT2D eigenvalue weighted by Gasteiger charge is -2.10. The molecule has 0 aliphatic rings. The smallest absolute Gasteiger partial charge is 0.136 e. The van der Waals surface area contributed by atoms with E-state index in [-0.39, 0.29) is 0 Å². The number of hydrogen-bond acceptors (Lipinski definition) is 2. The van der Waals surface area contributed by atoms with Crippen molar-refractivity contribution < 1.29 is 4.42 Å². The molecule has 9 aromatic rings. The predicted octanol–water partition coefficient (Wildman–Crippen LogP) is 10.7. The summed E-state index contributed by atoms with van der Waals surface area (Å²) in [6, 6.07) is 45.8. The van der Waals surface area contributed by atoms with Crippen LogP contribution in [0.5, 0.6) is 0 Å². The quantitative estimate of drug-likeness (QED) is 0.224. The molecule has 0 fully saturated rings. The summed E-state index contributed by atoms with van der Waals surface area (Å²) in [4.78, 5) is 0. The van der Waals surface area contributed by atoms with E-state index in [1.807, 2.05) is 23.5 Å². The minimum absolute atomic E-state index is 0.923. The van der Waals surface area contributed by atoms with E-state index in [1.165, 1.54) is 58.5 Å². The van der Waals surface area contributed by atoms with Crippen molar-refractivity contribution in [3.8, 4) is 16.8 Å². The summed E-state index contributed by atoms with van der Waals surface area (Å²) in [6.45, 7) is 0. The summed E-state index contributed by atoms with van der Waals surface area (Å²) in [5.41, 5.74) is 7.85. The zero-order valence-corrected chi connectivity index (χ0v) is 21.7. The second-order valence-electron chi connectivity index (χ2n) is 10.1. The average molecular weight is 516 g/mol. The number of fused-ring (bicyclic) bond motifs is 9. The molecule has 39 heavy (non-hydrogen) atoms. The number of para-hydroxylation sites is 2. The molecule has 0 saturated heterocycles. The molecule has 0 spiro atoms. The number of aromatic nitrogens is 1. The highest BCUT2D eigenvalue weighted by Crippen LogP contribution is 2.41. The zero-order valence-electron chi connectivity index (χ0n) is 20.9. The molecule has 3 aromatic heterocycles. The first-order chi connectivity index (χ1) is 19.3. The van der Waals surface area contributed by atoms with Gasteiger partial charge >= 0.3 is 0 Å². The van der Waals surface area contributed by atoms with Crippen LogP contribution in [-0.2, 0) is 0 Å². The lowest BCUT2D eigenvalue weighted by atomic mass is 9.99. The van der Waals surface area contributed by atoms with E-state index in [1.54, 1.807) is 0 Å². The maximum Gasteiger partial charge on any atom is 0.136 e. The number of hydrogen-bond donors (Lipinski definition) is 0. The molecule has 6 aromatic carbocycles. The Labute approximate surface area is 227 Å². The number of furan rings is 1. The van der Waals surface area contributed by atoms with Gasteiger partial charge in [0.1, 0.15) is 11.2 Å². The first-order valence-electron chi connectivity index (χ1n) is 13.2. The SMILES string of the molecule is c1ccc2c(c1)oc1cccc(-c3ccc(-n4c5ccccc5c5cc6sc7ccccc7c6cc54)cc3)c12. The Hall–Kier alpha value is -4.86. The van der Waals surface area contributed by atoms with Gasteiger partial charge in [-0.25, -0.2) is 0 Å². The Morgan fingerprint density at radius 2 is 1.23 bits per heavy atom. The zero-order chi connectivity index (χ0) is 25.5. The van der Waals surface area contributed by atoms with Crippen LogP contribution in [-0.4, -0.2) is 4.57 Å². The normalized spacial score (nSPS) is 12.1. The summed E-state index contributed by atoms with van der Waals surface area (Å²) in [5.74, 6) is 0. The van der Waals surface area contributed by atoms with Crippen molar-refractivity contribution in [2.75, 3.05) is 0 Å². The predicted molar refractivity (Wildman–Crippen MR) is 166 cm³/mol. The maximum atomic E-state index is 6.15. The second-order valence-corrected chi connectivity index (χ2v) is 11.2. The highest BCUT2D eigenvalue weighted by atomic mass is 32.1. The number of benzene rings is 6. The molecule has 3 heterocycles. The summed E-state index contributed by atoms with van der Waals surface area (Å²) < 4.78 is 11.2. The van der Waals surface area contributed by atoms with Crippen LogP contribution < -0.4 is 0 Å². The van der Waals surface area contributed by atoms with Crippen molar-refractivity contribution in [3.63, 3.8) is 0 Å². The van der Waals surface area contributed by atoms with Crippen molar-refractivity contribution in [2.24, 2.45) is 0 Å². The van der Waals surface area contributed by atoms with Gasteiger partial charge in [0.25, 0.3) is 0 Å². The van der Waals surface area contributed by atoms with E-state index < -0.39 is 0 Å². The van der Waals surface area contributed by atoms with Gasteiger partial charge in [-0.3, -0.25) is 0 Å². The third kappa shape index (κ3) is 2.96. The maximum absolute atomic E-state index is 6.15. The van der Waals surface area contributed by atoms with Crippen molar-refractivity contribution in [3.05, 3.63) is 127 Å². The number of thiophene rings is 1. The Bertz CT molecular complexity index is 2380. The lowest BCUT2D eigenvalue weighted by molar-refractivity contribution is 0.669. The fourth-order valence-electron chi connectivity index (χ4n) is 6.27. The minimum atomic E-state index is 0.923. The average Bonchev–Trinajstić information content (AvgIpc) is 3.65. The second kappa shape index (κ2) is 7.83. The van der Waals surface area contributed by atoms with Crippen LogP contribution in [0, 0.1) is 0 Å². The van der Waals surface area contributed by atoms with E-state index in [4.69, 9.17) is 4.42 Å². The van der Waals surface area contributed by atoms with Crippen LogP contribution in [0.1, 0.15) is 0 Å². The van der Waals surface area contributed by atoms with Gasteiger partial charge in [-0.05, 0) is 59.7 Å². The molecule has 0 aliphatic carbocycles. The molecule has 0 atom stereocenters. The molecule has 3 heteroatoms. The van der Waals surface area contributed by atoms with Crippen molar-refractivity contribution >= 4 is 75.3 Å². The molecule has 9 rings (SSSR count). The number of rotatable bonds is 2. The van der Waals surface area contributed by atoms with Gasteiger partial charge in [0.05, 0.1) is 11.0 Å². The van der Waals surface area contributed by atoms with Gasteiger partial charge < -0.3 is 8.98 Å². The molecular weight excluding hydrogens is 494 g/mol. The molecule has 0 amide bonds. The Balaban J connectivity index is 1.28. The van der Waals surface area contributed by atoms with Gasteiger partial charge in [-0.15, -0.1) is 11.3 Å². The third-order valence-corrected chi connectivity index (χ3v) is 9.14. The monoisotopic (exact) mass is 515 g/mol. The third-order valence-electron chi connectivity index (χ3n) is 8.01. The van der Waals surface area contributed by atoms with Crippen LogP contribution in [0.25, 0.3) is 80.7 Å². The summed E-state index contributed by atoms with van der Waals surface area (Å²) >= 11 is 1.88. The topological polar surface area (TPSA) is 18.1 Å². The Morgan fingerprint density at radius 1 is 0.487 bits per heavy atom. The standard InChI is InChI=1S/C36H21NOS/c1-4-12-30-25(8-1)28-21-35-29(26-9-3-6-15-34(26)39-35)20-31(28)37(30)23-18-16-22(17-19-23)24-11-7-14-33-36(24)27-10-2-5-13-32(27)38-33/h1-21H. The highest BCUT2D eigenvalue weighted by Gasteiger charge is 2.16. The summed E-state index contributed by atoms with van der Waals surface area (Å²) in [6.07, 6.45) is 0. The van der Waals surface area contributed by atoms with Crippen molar-refractivity contribution in [2.45, 2.75) is 0 Å². The molecule has 0 radical (unpaired) electrons. The summed E-state index contributed by atoms with van der Waals surface area (Å²) in [7, 11) is 0. The summed E-state index contributed by atoms with van der Waals surface area (Å²) in [5, 5.41) is 7.55. The van der Waals surface area contributed by atoms with E-state index in [0.29, 0.717) is 0 Å². The van der Waals surface area contributed by atoms with Gasteiger partial charge in [0, 0.05) is 47.4 Å². The van der Waals surface area contributed by atoms with E-state index in [2.05, 4.69) is 120 Å². The van der Waals surface area contributed by atoms with Gasteiger partial charge in [0.15, 0.2) is 0 Å². The molecule has 0 saturated carbocycles. The minimum Gasteiger partial charge on any atom is -0.456 e. The van der Waals surface area contributed by atoms with Gasteiger partial charge in [-0.1, -0.05) is 78.9 Å². The van der Waals surface area contributed by atoms with E-state index in [9.17, 15) is 0 Å². The van der Waals surface area contributed by atoms with Crippen LogP contribution in [0.3, 0.4) is 0 Å². The molecule has 0 unspecified atom stereocenters. The van der Waals surface area contributed by atoms with Gasteiger partial charge in [0.2, 0.25) is 0 Å². The van der Waals surface area contributed by atoms with E-state index >= 15 is 0 Å². The fourth-order valence-corrected chi connectivity index (χ4v) is 7.40. The molecule has 0 N–H and O–H groups in total.